The van der Waals surface area contributed by atoms with E-state index in [-0.39, 0.29) is 18.1 Å². The first-order valence-corrected chi connectivity index (χ1v) is 6.62. The van der Waals surface area contributed by atoms with Gasteiger partial charge in [-0.1, -0.05) is 11.6 Å². The van der Waals surface area contributed by atoms with Gasteiger partial charge in [0.1, 0.15) is 0 Å². The first-order chi connectivity index (χ1) is 8.08. The van der Waals surface area contributed by atoms with Crippen LogP contribution in [0.25, 0.3) is 0 Å². The Balaban J connectivity index is 2.09. The van der Waals surface area contributed by atoms with Crippen molar-refractivity contribution in [2.24, 2.45) is 0 Å². The zero-order valence-corrected chi connectivity index (χ0v) is 11.7. The Labute approximate surface area is 114 Å². The second-order valence-corrected chi connectivity index (χ2v) is 5.36. The Morgan fingerprint density at radius 2 is 2.35 bits per heavy atom. The van der Waals surface area contributed by atoms with Crippen LogP contribution >= 0.6 is 27.5 Å². The van der Waals surface area contributed by atoms with Crippen molar-refractivity contribution in [3.05, 3.63) is 33.3 Å². The number of rotatable bonds is 2. The number of carbonyl (C=O) groups is 1. The summed E-state index contributed by atoms with van der Waals surface area (Å²) in [7, 11) is 0. The van der Waals surface area contributed by atoms with Crippen molar-refractivity contribution < 1.29 is 9.53 Å². The Hall–Kier alpha value is -0.580. The molecule has 0 aromatic heterocycles. The van der Waals surface area contributed by atoms with Crippen molar-refractivity contribution in [2.45, 2.75) is 25.5 Å². The molecule has 0 spiro atoms. The molecule has 1 amide bonds. The summed E-state index contributed by atoms with van der Waals surface area (Å²) in [5.41, 5.74) is 0.591. The van der Waals surface area contributed by atoms with Crippen LogP contribution in [0.2, 0.25) is 5.02 Å². The van der Waals surface area contributed by atoms with Gasteiger partial charge in [0.2, 0.25) is 0 Å². The van der Waals surface area contributed by atoms with Gasteiger partial charge in [-0.2, -0.15) is 0 Å². The minimum atomic E-state index is -0.101. The van der Waals surface area contributed by atoms with E-state index in [0.29, 0.717) is 21.7 Å². The maximum absolute atomic E-state index is 12.0. The molecule has 1 aromatic rings. The zero-order chi connectivity index (χ0) is 12.4. The summed E-state index contributed by atoms with van der Waals surface area (Å²) >= 11 is 9.17. The zero-order valence-electron chi connectivity index (χ0n) is 9.37. The maximum Gasteiger partial charge on any atom is 0.252 e. The lowest BCUT2D eigenvalue weighted by atomic mass is 10.1. The second kappa shape index (κ2) is 5.38. The van der Waals surface area contributed by atoms with E-state index in [9.17, 15) is 4.79 Å². The van der Waals surface area contributed by atoms with Crippen LogP contribution in [0.15, 0.2) is 22.7 Å². The number of hydrogen-bond acceptors (Lipinski definition) is 2. The molecular formula is C12H13BrClNO2. The molecule has 2 rings (SSSR count). The van der Waals surface area contributed by atoms with Crippen LogP contribution in [0.3, 0.4) is 0 Å². The SMILES string of the molecule is CC1OCCC1NC(=O)c1ccc(Cl)cc1Br. The van der Waals surface area contributed by atoms with Crippen LogP contribution in [-0.2, 0) is 4.74 Å². The minimum absolute atomic E-state index is 0.0741. The molecule has 3 nitrogen and oxygen atoms in total. The van der Waals surface area contributed by atoms with E-state index < -0.39 is 0 Å². The van der Waals surface area contributed by atoms with Crippen molar-refractivity contribution >= 4 is 33.4 Å². The predicted octanol–water partition coefficient (Wildman–Crippen LogP) is 3.01. The third-order valence-electron chi connectivity index (χ3n) is 2.87. The molecule has 17 heavy (non-hydrogen) atoms. The molecule has 1 N–H and O–H groups in total. The number of carbonyl (C=O) groups excluding carboxylic acids is 1. The molecule has 0 bridgehead atoms. The highest BCUT2D eigenvalue weighted by Gasteiger charge is 2.26. The minimum Gasteiger partial charge on any atom is -0.376 e. The molecule has 92 valence electrons. The summed E-state index contributed by atoms with van der Waals surface area (Å²) in [4.78, 5) is 12.0. The first kappa shape index (κ1) is 12.9. The fourth-order valence-electron chi connectivity index (χ4n) is 1.84. The van der Waals surface area contributed by atoms with Gasteiger partial charge in [0.25, 0.3) is 5.91 Å². The number of hydrogen-bond donors (Lipinski definition) is 1. The lowest BCUT2D eigenvalue weighted by molar-refractivity contribution is 0.0865. The largest absolute Gasteiger partial charge is 0.376 e. The third kappa shape index (κ3) is 3.00. The van der Waals surface area contributed by atoms with Gasteiger partial charge in [-0.3, -0.25) is 4.79 Å². The maximum atomic E-state index is 12.0. The summed E-state index contributed by atoms with van der Waals surface area (Å²) < 4.78 is 6.11. The number of nitrogens with one attached hydrogen (secondary N) is 1. The highest BCUT2D eigenvalue weighted by atomic mass is 79.9. The molecule has 1 heterocycles. The van der Waals surface area contributed by atoms with Crippen LogP contribution in [0.4, 0.5) is 0 Å². The van der Waals surface area contributed by atoms with Gasteiger partial charge in [0, 0.05) is 16.1 Å². The monoisotopic (exact) mass is 317 g/mol. The smallest absolute Gasteiger partial charge is 0.252 e. The van der Waals surface area contributed by atoms with E-state index in [1.54, 1.807) is 18.2 Å². The van der Waals surface area contributed by atoms with E-state index >= 15 is 0 Å². The topological polar surface area (TPSA) is 38.3 Å². The van der Waals surface area contributed by atoms with Crippen LogP contribution < -0.4 is 5.32 Å². The van der Waals surface area contributed by atoms with E-state index in [0.717, 1.165) is 6.42 Å². The molecular weight excluding hydrogens is 305 g/mol. The molecule has 1 fully saturated rings. The molecule has 1 aromatic carbocycles. The van der Waals surface area contributed by atoms with Crippen LogP contribution in [0, 0.1) is 0 Å². The van der Waals surface area contributed by atoms with Gasteiger partial charge in [-0.05, 0) is 47.5 Å². The van der Waals surface area contributed by atoms with E-state index in [1.165, 1.54) is 0 Å². The van der Waals surface area contributed by atoms with Gasteiger partial charge >= 0.3 is 0 Å². The molecule has 1 saturated heterocycles. The number of ether oxygens (including phenoxy) is 1. The quantitative estimate of drug-likeness (QED) is 0.910. The third-order valence-corrected chi connectivity index (χ3v) is 3.76. The molecule has 2 atom stereocenters. The number of halogens is 2. The molecule has 1 aliphatic rings. The average molecular weight is 319 g/mol. The van der Waals surface area contributed by atoms with Gasteiger partial charge < -0.3 is 10.1 Å². The van der Waals surface area contributed by atoms with Crippen LogP contribution in [-0.4, -0.2) is 24.7 Å². The van der Waals surface area contributed by atoms with Gasteiger partial charge in [0.05, 0.1) is 17.7 Å². The lowest BCUT2D eigenvalue weighted by Gasteiger charge is -2.16. The van der Waals surface area contributed by atoms with Crippen LogP contribution in [0.1, 0.15) is 23.7 Å². The molecule has 0 saturated carbocycles. The molecule has 2 unspecified atom stereocenters. The van der Waals surface area contributed by atoms with Crippen molar-refractivity contribution in [1.82, 2.24) is 5.32 Å². The summed E-state index contributed by atoms with van der Waals surface area (Å²) in [6.45, 7) is 2.67. The fraction of sp³-hybridized carbons (Fsp3) is 0.417. The van der Waals surface area contributed by atoms with E-state index in [1.807, 2.05) is 6.92 Å². The van der Waals surface area contributed by atoms with Crippen molar-refractivity contribution in [3.8, 4) is 0 Å². The van der Waals surface area contributed by atoms with Gasteiger partial charge in [0.15, 0.2) is 0 Å². The summed E-state index contributed by atoms with van der Waals surface area (Å²) in [6, 6.07) is 5.22. The first-order valence-electron chi connectivity index (χ1n) is 5.45. The number of benzene rings is 1. The van der Waals surface area contributed by atoms with Crippen molar-refractivity contribution in [3.63, 3.8) is 0 Å². The highest BCUT2D eigenvalue weighted by molar-refractivity contribution is 9.10. The average Bonchev–Trinajstić information content (AvgIpc) is 2.64. The van der Waals surface area contributed by atoms with Gasteiger partial charge in [-0.25, -0.2) is 0 Å². The summed E-state index contributed by atoms with van der Waals surface area (Å²) in [6.07, 6.45) is 0.933. The molecule has 0 radical (unpaired) electrons. The highest BCUT2D eigenvalue weighted by Crippen LogP contribution is 2.22. The van der Waals surface area contributed by atoms with E-state index in [2.05, 4.69) is 21.2 Å². The Kier molecular flexibility index (Phi) is 4.07. The van der Waals surface area contributed by atoms with Crippen molar-refractivity contribution in [1.29, 1.82) is 0 Å². The number of amides is 1. The van der Waals surface area contributed by atoms with Crippen molar-refractivity contribution in [2.75, 3.05) is 6.61 Å². The summed E-state index contributed by atoms with van der Waals surface area (Å²) in [5, 5.41) is 3.57. The second-order valence-electron chi connectivity index (χ2n) is 4.07. The lowest BCUT2D eigenvalue weighted by Crippen LogP contribution is -2.39. The van der Waals surface area contributed by atoms with E-state index in [4.69, 9.17) is 16.3 Å². The normalized spacial score (nSPS) is 23.7. The Bertz CT molecular complexity index is 439. The standard InChI is InChI=1S/C12H13BrClNO2/c1-7-11(4-5-17-7)15-12(16)9-3-2-8(14)6-10(9)13/h2-3,6-7,11H,4-5H2,1H3,(H,15,16). The molecule has 0 aliphatic carbocycles. The predicted molar refractivity (Wildman–Crippen MR) is 70.4 cm³/mol. The Morgan fingerprint density at radius 1 is 1.59 bits per heavy atom. The molecule has 1 aliphatic heterocycles. The molecule has 5 heteroatoms. The van der Waals surface area contributed by atoms with Crippen LogP contribution in [0.5, 0.6) is 0 Å². The Morgan fingerprint density at radius 3 is 2.94 bits per heavy atom. The fourth-order valence-corrected chi connectivity index (χ4v) is 2.70. The van der Waals surface area contributed by atoms with Gasteiger partial charge in [-0.15, -0.1) is 0 Å². The summed E-state index contributed by atoms with van der Waals surface area (Å²) in [5.74, 6) is -0.101.